The van der Waals surface area contributed by atoms with E-state index in [1.807, 2.05) is 170 Å². The average molecular weight is 1140 g/mol. The second-order valence-electron chi connectivity index (χ2n) is 21.4. The van der Waals surface area contributed by atoms with E-state index < -0.39 is 48.3 Å². The Morgan fingerprint density at radius 1 is 0.198 bits per heavy atom. The Labute approximate surface area is 528 Å². The summed E-state index contributed by atoms with van der Waals surface area (Å²) in [5.74, 6) is 0. The highest BCUT2D eigenvalue weighted by Crippen LogP contribution is 2.48. The molecule has 0 amide bonds. The molecule has 18 aromatic rings. The Balaban J connectivity index is 0.000000152. The summed E-state index contributed by atoms with van der Waals surface area (Å²) in [5, 5.41) is 9.81. The fourth-order valence-corrected chi connectivity index (χ4v) is 14.9. The number of benzene rings is 16. The number of rotatable bonds is 6. The van der Waals surface area contributed by atoms with Crippen molar-refractivity contribution < 1.29 is 21.9 Å². The fraction of sp³-hybridized carbons (Fsp3) is 0. The van der Waals surface area contributed by atoms with E-state index in [0.717, 1.165) is 64.0 Å². The van der Waals surface area contributed by atoms with Crippen molar-refractivity contribution >= 4 is 128 Å². The molecule has 0 aliphatic heterocycles. The number of fused-ring (bicyclic) bond motifs is 12. The summed E-state index contributed by atoms with van der Waals surface area (Å²) in [6.45, 7) is 0. The molecular formula is C84H52S2. The lowest BCUT2D eigenvalue weighted by molar-refractivity contribution is 1.64. The van der Waals surface area contributed by atoms with Gasteiger partial charge in [-0.15, -0.1) is 22.7 Å². The summed E-state index contributed by atoms with van der Waals surface area (Å²) in [5.41, 5.74) is 7.90. The predicted octanol–water partition coefficient (Wildman–Crippen LogP) is 25.0. The van der Waals surface area contributed by atoms with Gasteiger partial charge in [0.05, 0.1) is 21.9 Å². The van der Waals surface area contributed by atoms with Gasteiger partial charge in [0.1, 0.15) is 0 Å². The highest BCUT2D eigenvalue weighted by Gasteiger charge is 2.20. The summed E-state index contributed by atoms with van der Waals surface area (Å²) >= 11 is 3.35. The Morgan fingerprint density at radius 2 is 0.547 bits per heavy atom. The van der Waals surface area contributed by atoms with Crippen LogP contribution in [0.4, 0.5) is 0 Å². The summed E-state index contributed by atoms with van der Waals surface area (Å²) in [4.78, 5) is 0. The molecule has 2 heterocycles. The van der Waals surface area contributed by atoms with Gasteiger partial charge < -0.3 is 0 Å². The first kappa shape index (κ1) is 36.3. The van der Waals surface area contributed by atoms with E-state index in [1.165, 1.54) is 20.2 Å². The minimum Gasteiger partial charge on any atom is -0.135 e. The topological polar surface area (TPSA) is 0 Å². The highest BCUT2D eigenvalue weighted by molar-refractivity contribution is 7.26. The lowest BCUT2D eigenvalue weighted by atomic mass is 9.84. The van der Waals surface area contributed by atoms with E-state index in [0.29, 0.717) is 44.5 Å². The second-order valence-corrected chi connectivity index (χ2v) is 23.5. The maximum absolute atomic E-state index is 9.28. The van der Waals surface area contributed by atoms with Gasteiger partial charge in [-0.1, -0.05) is 279 Å². The Bertz CT molecular complexity index is 6530. The molecule has 86 heavy (non-hydrogen) atoms. The molecule has 0 N–H and O–H groups in total. The minimum absolute atomic E-state index is 0.209. The zero-order valence-electron chi connectivity index (χ0n) is 61.6. The van der Waals surface area contributed by atoms with Gasteiger partial charge in [0, 0.05) is 40.3 Å². The molecule has 0 atom stereocenters. The maximum atomic E-state index is 9.28. The molecule has 16 aromatic carbocycles. The number of hydrogen-bond donors (Lipinski definition) is 0. The molecule has 0 fully saturated rings. The zero-order valence-corrected chi connectivity index (χ0v) is 47.2. The lowest BCUT2D eigenvalue weighted by Crippen LogP contribution is -1.91. The molecule has 0 radical (unpaired) electrons. The SMILES string of the molecule is [2H]c1c([2H])c([2H])c2c(-c3ccc4c(c3)sc3ccccc34)c3c([2H])c([2H])c([2H])c([2H])c3c(-c3ccc4cc(-c5ccccc5)ccc4c3)c2c1[2H].[2H]c1c([2H])c([2H])c2c(-c3cccc4ccccc34)c3c([2H])c([2H])c([2H])c([2H])c3c(-c3ccc(-c4ccc5c(c4)sc4ccccc45)cc3)c2c1[2H]. The van der Waals surface area contributed by atoms with Crippen molar-refractivity contribution in [3.63, 3.8) is 0 Å². The highest BCUT2D eigenvalue weighted by atomic mass is 32.1. The average Bonchev–Trinajstić information content (AvgIpc) is 0.797. The lowest BCUT2D eigenvalue weighted by Gasteiger charge is -2.19. The third kappa shape index (κ3) is 8.40. The van der Waals surface area contributed by atoms with Gasteiger partial charge in [-0.3, -0.25) is 0 Å². The first-order valence-corrected chi connectivity index (χ1v) is 29.9. The standard InChI is InChI=1S/2C42H26S/c1-2-12-31-28(10-1)11-9-18-34(31)42-37-16-5-3-14-35(37)41(36-15-4-6-17-38(36)42)29-22-20-27(21-23-29)30-24-25-33-32-13-7-8-19-39(32)43-40(33)26-30;1-2-10-27(11-3-1)28-18-19-30-25-31(21-20-29(30)24-28)41-35-13-4-6-15-37(35)42(38-16-7-5-14-36(38)41)32-22-23-34-33-12-8-9-17-39(33)43-40(34)26-32/h2*1-26H/i3D,4D,5D,6D,14D,15D,16D,17D;4D,5D,6D,7D,13D,14D,15D,16D. The van der Waals surface area contributed by atoms with Gasteiger partial charge in [-0.25, -0.2) is 0 Å². The fourth-order valence-electron chi connectivity index (χ4n) is 12.7. The normalized spacial score (nSPS) is 14.3. The largest absolute Gasteiger partial charge is 0.135 e. The third-order valence-corrected chi connectivity index (χ3v) is 18.9. The van der Waals surface area contributed by atoms with Crippen LogP contribution in [-0.4, -0.2) is 0 Å². The van der Waals surface area contributed by atoms with Crippen LogP contribution in [0.25, 0.3) is 172 Å². The summed E-state index contributed by atoms with van der Waals surface area (Å²) in [7, 11) is 0. The van der Waals surface area contributed by atoms with Gasteiger partial charge in [0.25, 0.3) is 0 Å². The summed E-state index contributed by atoms with van der Waals surface area (Å²) < 4.78 is 148. The van der Waals surface area contributed by atoms with Crippen LogP contribution in [0.3, 0.4) is 0 Å². The molecule has 400 valence electrons. The van der Waals surface area contributed by atoms with Gasteiger partial charge >= 0.3 is 0 Å². The monoisotopic (exact) mass is 1140 g/mol. The Kier molecular flexibility index (Phi) is 8.73. The smallest absolute Gasteiger partial charge is 0.0629 e. The zero-order chi connectivity index (χ0) is 70.6. The van der Waals surface area contributed by atoms with Crippen molar-refractivity contribution in [2.75, 3.05) is 0 Å². The van der Waals surface area contributed by atoms with Crippen molar-refractivity contribution in [1.82, 2.24) is 0 Å². The van der Waals surface area contributed by atoms with Gasteiger partial charge in [0.15, 0.2) is 0 Å². The molecule has 0 aliphatic rings. The van der Waals surface area contributed by atoms with Gasteiger partial charge in [-0.2, -0.15) is 0 Å². The van der Waals surface area contributed by atoms with Crippen molar-refractivity contribution in [2.24, 2.45) is 0 Å². The molecule has 0 unspecified atom stereocenters. The van der Waals surface area contributed by atoms with Crippen molar-refractivity contribution in [2.45, 2.75) is 0 Å². The third-order valence-electron chi connectivity index (χ3n) is 16.6. The van der Waals surface area contributed by atoms with E-state index in [-0.39, 0.29) is 91.4 Å². The molecule has 0 aliphatic carbocycles. The molecule has 0 saturated heterocycles. The molecule has 18 rings (SSSR count). The first-order chi connectivity index (χ1) is 49.3. The van der Waals surface area contributed by atoms with Crippen LogP contribution in [0, 0.1) is 0 Å². The Hall–Kier alpha value is -10.5. The van der Waals surface area contributed by atoms with Crippen LogP contribution in [0.2, 0.25) is 0 Å². The van der Waals surface area contributed by atoms with Crippen LogP contribution < -0.4 is 0 Å². The molecule has 2 aromatic heterocycles. The molecule has 0 bridgehead atoms. The molecule has 2 heteroatoms. The van der Waals surface area contributed by atoms with Crippen LogP contribution in [0.5, 0.6) is 0 Å². The van der Waals surface area contributed by atoms with Crippen molar-refractivity contribution in [3.8, 4) is 66.8 Å². The van der Waals surface area contributed by atoms with Crippen LogP contribution >= 0.6 is 22.7 Å². The van der Waals surface area contributed by atoms with Gasteiger partial charge in [-0.05, 0) is 168 Å². The summed E-state index contributed by atoms with van der Waals surface area (Å²) in [6, 6.07) is 66.2. The minimum atomic E-state index is -0.411. The molecular weight excluding hydrogens is 1070 g/mol. The Morgan fingerprint density at radius 3 is 1.10 bits per heavy atom. The van der Waals surface area contributed by atoms with E-state index in [9.17, 15) is 11.0 Å². The summed E-state index contributed by atoms with van der Waals surface area (Å²) in [6.07, 6.45) is 0. The maximum Gasteiger partial charge on any atom is 0.0629 e. The molecule has 0 spiro atoms. The van der Waals surface area contributed by atoms with Crippen LogP contribution in [-0.2, 0) is 0 Å². The quantitative estimate of drug-likeness (QED) is 0.146. The second kappa shape index (κ2) is 20.7. The van der Waals surface area contributed by atoms with Crippen molar-refractivity contribution in [1.29, 1.82) is 0 Å². The number of thiophene rings is 2. The van der Waals surface area contributed by atoms with E-state index in [2.05, 4.69) is 48.5 Å². The van der Waals surface area contributed by atoms with Crippen LogP contribution in [0.15, 0.2) is 315 Å². The first-order valence-electron chi connectivity index (χ1n) is 36.2. The van der Waals surface area contributed by atoms with Crippen molar-refractivity contribution in [3.05, 3.63) is 315 Å². The van der Waals surface area contributed by atoms with E-state index >= 15 is 0 Å². The van der Waals surface area contributed by atoms with Gasteiger partial charge in [0.2, 0.25) is 0 Å². The molecule has 0 saturated carbocycles. The predicted molar refractivity (Wildman–Crippen MR) is 376 cm³/mol. The number of hydrogen-bond acceptors (Lipinski definition) is 2. The van der Waals surface area contributed by atoms with E-state index in [4.69, 9.17) is 11.0 Å². The van der Waals surface area contributed by atoms with E-state index in [1.54, 1.807) is 22.7 Å². The molecule has 0 nitrogen and oxygen atoms in total. The van der Waals surface area contributed by atoms with Crippen LogP contribution in [0.1, 0.15) is 21.9 Å².